The normalized spacial score (nSPS) is 14.6. The van der Waals surface area contributed by atoms with Gasteiger partial charge in [-0.3, -0.25) is 4.79 Å². The number of carbonyl (C=O) groups excluding carboxylic acids is 2. The molecule has 0 saturated carbocycles. The van der Waals surface area contributed by atoms with Crippen LogP contribution >= 0.6 is 0 Å². The number of nitrogens with one attached hydrogen (secondary N) is 2. The van der Waals surface area contributed by atoms with Crippen molar-refractivity contribution >= 4 is 17.6 Å². The third-order valence-electron chi connectivity index (χ3n) is 6.22. The van der Waals surface area contributed by atoms with Crippen LogP contribution in [0.25, 0.3) is 0 Å². The number of benzene rings is 3. The summed E-state index contributed by atoms with van der Waals surface area (Å²) in [5.41, 5.74) is 3.35. The number of hydrogen-bond donors (Lipinski definition) is 2. The molecule has 0 aromatic heterocycles. The number of carbonyl (C=O) groups is 2. The van der Waals surface area contributed by atoms with Gasteiger partial charge in [-0.25, -0.2) is 9.18 Å². The number of amides is 3. The van der Waals surface area contributed by atoms with Crippen LogP contribution in [0.1, 0.15) is 33.1 Å². The Bertz CT molecular complexity index is 1250. The zero-order chi connectivity index (χ0) is 24.9. The van der Waals surface area contributed by atoms with E-state index in [4.69, 9.17) is 9.47 Å². The molecule has 0 fully saturated rings. The first-order valence-corrected chi connectivity index (χ1v) is 11.3. The second kappa shape index (κ2) is 10.5. The minimum absolute atomic E-state index is 0.0957. The highest BCUT2D eigenvalue weighted by atomic mass is 19.1. The van der Waals surface area contributed by atoms with E-state index in [-0.39, 0.29) is 18.1 Å². The summed E-state index contributed by atoms with van der Waals surface area (Å²) in [6, 6.07) is 16.1. The van der Waals surface area contributed by atoms with Gasteiger partial charge in [0.1, 0.15) is 5.82 Å². The molecule has 182 valence electrons. The summed E-state index contributed by atoms with van der Waals surface area (Å²) in [7, 11) is 3.12. The van der Waals surface area contributed by atoms with Crippen LogP contribution in [0.15, 0.2) is 60.7 Å². The topological polar surface area (TPSA) is 79.9 Å². The maximum Gasteiger partial charge on any atom is 0.322 e. The number of ether oxygens (including phenoxy) is 2. The van der Waals surface area contributed by atoms with Crippen LogP contribution in [-0.4, -0.2) is 44.1 Å². The summed E-state index contributed by atoms with van der Waals surface area (Å²) >= 11 is 0. The van der Waals surface area contributed by atoms with Crippen LogP contribution in [0.3, 0.4) is 0 Å². The maximum atomic E-state index is 14.2. The Morgan fingerprint density at radius 2 is 1.71 bits per heavy atom. The van der Waals surface area contributed by atoms with Crippen LogP contribution < -0.4 is 20.1 Å². The number of nitrogens with zero attached hydrogens (tertiary/aromatic N) is 1. The molecule has 7 nitrogen and oxygen atoms in total. The molecule has 35 heavy (non-hydrogen) atoms. The van der Waals surface area contributed by atoms with Gasteiger partial charge in [-0.15, -0.1) is 0 Å². The number of halogens is 1. The average molecular weight is 478 g/mol. The van der Waals surface area contributed by atoms with Crippen LogP contribution in [0, 0.1) is 12.7 Å². The average Bonchev–Trinajstić information content (AvgIpc) is 2.87. The van der Waals surface area contributed by atoms with Crippen molar-refractivity contribution < 1.29 is 23.5 Å². The first-order chi connectivity index (χ1) is 16.9. The van der Waals surface area contributed by atoms with Gasteiger partial charge >= 0.3 is 6.03 Å². The highest BCUT2D eigenvalue weighted by molar-refractivity contribution is 5.95. The Kier molecular flexibility index (Phi) is 7.19. The molecular formula is C27H28FN3O4. The van der Waals surface area contributed by atoms with E-state index in [1.807, 2.05) is 37.3 Å². The third-order valence-corrected chi connectivity index (χ3v) is 6.22. The smallest absolute Gasteiger partial charge is 0.322 e. The molecule has 3 amide bonds. The van der Waals surface area contributed by atoms with E-state index in [1.165, 1.54) is 12.1 Å². The fourth-order valence-electron chi connectivity index (χ4n) is 4.35. The van der Waals surface area contributed by atoms with Crippen molar-refractivity contribution in [3.05, 3.63) is 88.7 Å². The zero-order valence-electron chi connectivity index (χ0n) is 19.9. The largest absolute Gasteiger partial charge is 0.493 e. The van der Waals surface area contributed by atoms with Gasteiger partial charge in [0.2, 0.25) is 0 Å². The van der Waals surface area contributed by atoms with E-state index in [0.29, 0.717) is 30.0 Å². The number of para-hydroxylation sites is 1. The summed E-state index contributed by atoms with van der Waals surface area (Å²) in [4.78, 5) is 27.8. The van der Waals surface area contributed by atoms with Crippen molar-refractivity contribution in [2.24, 2.45) is 0 Å². The zero-order valence-corrected chi connectivity index (χ0v) is 19.9. The van der Waals surface area contributed by atoms with E-state index in [9.17, 15) is 14.0 Å². The summed E-state index contributed by atoms with van der Waals surface area (Å²) < 4.78 is 25.1. The molecule has 0 bridgehead atoms. The highest BCUT2D eigenvalue weighted by Crippen LogP contribution is 2.38. The first-order valence-electron chi connectivity index (χ1n) is 11.3. The van der Waals surface area contributed by atoms with Crippen LogP contribution in [-0.2, 0) is 6.42 Å². The van der Waals surface area contributed by atoms with Gasteiger partial charge < -0.3 is 25.0 Å². The van der Waals surface area contributed by atoms with Crippen molar-refractivity contribution in [2.45, 2.75) is 19.4 Å². The number of fused-ring (bicyclic) bond motifs is 1. The van der Waals surface area contributed by atoms with Gasteiger partial charge in [0.25, 0.3) is 5.91 Å². The van der Waals surface area contributed by atoms with Crippen LogP contribution in [0.2, 0.25) is 0 Å². The van der Waals surface area contributed by atoms with Gasteiger partial charge in [0, 0.05) is 18.7 Å². The number of aryl methyl sites for hydroxylation is 1. The number of anilines is 1. The van der Waals surface area contributed by atoms with Crippen LogP contribution in [0.4, 0.5) is 14.9 Å². The number of urea groups is 1. The lowest BCUT2D eigenvalue weighted by Crippen LogP contribution is -2.47. The van der Waals surface area contributed by atoms with Crippen LogP contribution in [0.5, 0.6) is 11.5 Å². The van der Waals surface area contributed by atoms with E-state index in [2.05, 4.69) is 10.6 Å². The molecule has 1 unspecified atom stereocenters. The van der Waals surface area contributed by atoms with E-state index >= 15 is 0 Å². The fourth-order valence-corrected chi connectivity index (χ4v) is 4.35. The van der Waals surface area contributed by atoms with Gasteiger partial charge in [-0.2, -0.15) is 0 Å². The molecule has 1 aliphatic rings. The monoisotopic (exact) mass is 477 g/mol. The summed E-state index contributed by atoms with van der Waals surface area (Å²) in [6.07, 6.45) is 0.572. The minimum atomic E-state index is -0.519. The molecule has 1 atom stereocenters. The molecule has 0 aliphatic carbocycles. The molecule has 3 aromatic carbocycles. The second-order valence-electron chi connectivity index (χ2n) is 8.30. The molecule has 2 N–H and O–H groups in total. The van der Waals surface area contributed by atoms with Gasteiger partial charge in [0.15, 0.2) is 11.5 Å². The Morgan fingerprint density at radius 1 is 1.03 bits per heavy atom. The Morgan fingerprint density at radius 3 is 2.43 bits per heavy atom. The van der Waals surface area contributed by atoms with Gasteiger partial charge in [-0.05, 0) is 60.4 Å². The standard InChI is InChI=1S/C27H28FN3O4/c1-17-8-4-5-9-19(17)26(32)29-16-23-20-15-25(35-3)24(34-2)14-18(20)12-13-31(23)27(33)30-22-11-7-6-10-21(22)28/h4-11,14-15,23H,12-13,16H2,1-3H3,(H,29,32)(H,30,33). The van der Waals surface area contributed by atoms with E-state index in [1.54, 1.807) is 37.3 Å². The number of rotatable bonds is 6. The molecule has 0 saturated heterocycles. The molecule has 8 heteroatoms. The predicted octanol–water partition coefficient (Wildman–Crippen LogP) is 4.71. The molecule has 3 aromatic rings. The van der Waals surface area contributed by atoms with E-state index < -0.39 is 17.9 Å². The molecule has 4 rings (SSSR count). The van der Waals surface area contributed by atoms with Gasteiger partial charge in [0.05, 0.1) is 25.9 Å². The molecule has 0 radical (unpaired) electrons. The maximum absolute atomic E-state index is 14.2. The Balaban J connectivity index is 1.65. The predicted molar refractivity (Wildman–Crippen MR) is 132 cm³/mol. The molecule has 1 aliphatic heterocycles. The highest BCUT2D eigenvalue weighted by Gasteiger charge is 2.33. The Hall–Kier alpha value is -4.07. The Labute approximate surface area is 203 Å². The van der Waals surface area contributed by atoms with Gasteiger partial charge in [-0.1, -0.05) is 30.3 Å². The summed E-state index contributed by atoms with van der Waals surface area (Å²) in [5, 5.41) is 5.63. The number of methoxy groups -OCH3 is 2. The lowest BCUT2D eigenvalue weighted by molar-refractivity contribution is 0.0935. The fraction of sp³-hybridized carbons (Fsp3) is 0.259. The lowest BCUT2D eigenvalue weighted by atomic mass is 9.91. The molecule has 0 spiro atoms. The second-order valence-corrected chi connectivity index (χ2v) is 8.30. The SMILES string of the molecule is COc1cc2c(cc1OC)C(CNC(=O)c1ccccc1C)N(C(=O)Nc1ccccc1F)CC2. The van der Waals surface area contributed by atoms with E-state index in [0.717, 1.165) is 16.7 Å². The summed E-state index contributed by atoms with van der Waals surface area (Å²) in [6.45, 7) is 2.42. The quantitative estimate of drug-likeness (QED) is 0.539. The molecular weight excluding hydrogens is 449 g/mol. The van der Waals surface area contributed by atoms with Crippen molar-refractivity contribution in [1.29, 1.82) is 0 Å². The van der Waals surface area contributed by atoms with Crippen molar-refractivity contribution in [3.63, 3.8) is 0 Å². The third kappa shape index (κ3) is 5.06. The number of hydrogen-bond acceptors (Lipinski definition) is 4. The van der Waals surface area contributed by atoms with Crippen molar-refractivity contribution in [2.75, 3.05) is 32.6 Å². The first kappa shape index (κ1) is 24.1. The lowest BCUT2D eigenvalue weighted by Gasteiger charge is -2.38. The minimum Gasteiger partial charge on any atom is -0.493 e. The van der Waals surface area contributed by atoms with Crippen molar-refractivity contribution in [1.82, 2.24) is 10.2 Å². The van der Waals surface area contributed by atoms with Crippen molar-refractivity contribution in [3.8, 4) is 11.5 Å². The molecule has 1 heterocycles. The summed E-state index contributed by atoms with van der Waals surface area (Å²) in [5.74, 6) is 0.371.